The lowest BCUT2D eigenvalue weighted by Gasteiger charge is -2.10. The Labute approximate surface area is 177 Å². The lowest BCUT2D eigenvalue weighted by Crippen LogP contribution is -2.22. The summed E-state index contributed by atoms with van der Waals surface area (Å²) in [5.74, 6) is 0.398. The van der Waals surface area contributed by atoms with Crippen LogP contribution < -0.4 is 15.8 Å². The zero-order valence-corrected chi connectivity index (χ0v) is 17.8. The monoisotopic (exact) mass is 419 g/mol. The van der Waals surface area contributed by atoms with Crippen LogP contribution in [-0.4, -0.2) is 25.9 Å². The summed E-state index contributed by atoms with van der Waals surface area (Å²) in [4.78, 5) is 12.5. The van der Waals surface area contributed by atoms with Crippen molar-refractivity contribution in [3.05, 3.63) is 72.3 Å². The van der Waals surface area contributed by atoms with Gasteiger partial charge < -0.3 is 20.6 Å². The fourth-order valence-corrected chi connectivity index (χ4v) is 2.25. The topological polar surface area (TPSA) is 76.7 Å². The Hall–Kier alpha value is -3.22. The normalized spacial score (nSPS) is 10.1. The lowest BCUT2D eigenvalue weighted by molar-refractivity contribution is -0.106. The van der Waals surface area contributed by atoms with E-state index in [1.54, 1.807) is 26.1 Å². The molecule has 0 amide bonds. The molecule has 7 heteroatoms. The first-order valence-corrected chi connectivity index (χ1v) is 9.47. The molecule has 0 radical (unpaired) electrons. The molecule has 3 N–H and O–H groups in total. The maximum absolute atomic E-state index is 12.0. The van der Waals surface area contributed by atoms with Gasteiger partial charge in [0.15, 0.2) is 5.96 Å². The molecule has 5 nitrogen and oxygen atoms in total. The Balaban J connectivity index is 0.000000521. The molecule has 0 heterocycles. The van der Waals surface area contributed by atoms with Crippen molar-refractivity contribution in [3.8, 4) is 5.75 Å². The number of carbonyl (C=O) groups excluding carboxylic acids is 1. The summed E-state index contributed by atoms with van der Waals surface area (Å²) in [6.45, 7) is 3.99. The zero-order valence-electron chi connectivity index (χ0n) is 17.8. The number of aldehydes is 1. The molecule has 0 aliphatic carbocycles. The molecule has 2 aromatic carbocycles. The highest BCUT2D eigenvalue weighted by molar-refractivity contribution is 5.92. The van der Waals surface area contributed by atoms with Crippen LogP contribution in [0.2, 0.25) is 0 Å². The quantitative estimate of drug-likeness (QED) is 0.208. The number of hydrogen-bond acceptors (Lipinski definition) is 3. The van der Waals surface area contributed by atoms with E-state index in [4.69, 9.17) is 10.5 Å². The van der Waals surface area contributed by atoms with Crippen molar-refractivity contribution in [2.24, 2.45) is 10.7 Å². The van der Waals surface area contributed by atoms with E-state index in [2.05, 4.69) is 52.0 Å². The van der Waals surface area contributed by atoms with Crippen LogP contribution in [0.15, 0.2) is 66.2 Å². The first-order valence-electron chi connectivity index (χ1n) is 9.47. The van der Waals surface area contributed by atoms with Crippen molar-refractivity contribution in [2.75, 3.05) is 12.4 Å². The first kappa shape index (κ1) is 26.8. The van der Waals surface area contributed by atoms with Gasteiger partial charge in [-0.15, -0.1) is 6.58 Å². The summed E-state index contributed by atoms with van der Waals surface area (Å²) in [7, 11) is 1.55. The molecule has 0 unspecified atom stereocenters. The molecule has 2 rings (SSSR count). The molecule has 0 aromatic heterocycles. The zero-order chi connectivity index (χ0) is 22.8. The van der Waals surface area contributed by atoms with Crippen LogP contribution in [0, 0.1) is 6.92 Å². The first-order chi connectivity index (χ1) is 14.4. The van der Waals surface area contributed by atoms with Gasteiger partial charge >= 0.3 is 6.61 Å². The summed E-state index contributed by atoms with van der Waals surface area (Å²) in [6.07, 6.45) is 6.23. The average Bonchev–Trinajstić information content (AvgIpc) is 2.72. The molecule has 0 aliphatic rings. The summed E-state index contributed by atoms with van der Waals surface area (Å²) in [6, 6.07) is 15.3. The fourth-order valence-electron chi connectivity index (χ4n) is 2.25. The third kappa shape index (κ3) is 13.0. The van der Waals surface area contributed by atoms with E-state index in [1.165, 1.54) is 31.4 Å². The molecule has 0 atom stereocenters. The van der Waals surface area contributed by atoms with Crippen LogP contribution in [0.1, 0.15) is 30.9 Å². The summed E-state index contributed by atoms with van der Waals surface area (Å²) in [5.41, 5.74) is 8.15. The minimum Gasteiger partial charge on any atom is -0.435 e. The number of nitrogens with zero attached hydrogens (tertiary/aromatic N) is 1. The minimum atomic E-state index is -2.82. The van der Waals surface area contributed by atoms with Crippen LogP contribution in [0.3, 0.4) is 0 Å². The van der Waals surface area contributed by atoms with Gasteiger partial charge in [-0.05, 0) is 62.4 Å². The van der Waals surface area contributed by atoms with E-state index in [9.17, 15) is 8.78 Å². The number of allylic oxidation sites excluding steroid dienone is 1. The Morgan fingerprint density at radius 3 is 2.40 bits per heavy atom. The van der Waals surface area contributed by atoms with Gasteiger partial charge in [-0.25, -0.2) is 0 Å². The molecule has 164 valence electrons. The average molecular weight is 420 g/mol. The number of rotatable bonds is 7. The molecule has 0 spiro atoms. The Morgan fingerprint density at radius 2 is 1.90 bits per heavy atom. The van der Waals surface area contributed by atoms with Crippen molar-refractivity contribution in [2.45, 2.75) is 39.7 Å². The van der Waals surface area contributed by atoms with Crippen LogP contribution in [0.4, 0.5) is 14.5 Å². The molecule has 30 heavy (non-hydrogen) atoms. The van der Waals surface area contributed by atoms with Crippen LogP contribution in [0.5, 0.6) is 5.75 Å². The number of ether oxygens (including phenoxy) is 1. The minimum absolute atomic E-state index is 0.146. The Morgan fingerprint density at radius 1 is 1.27 bits per heavy atom. The Bertz CT molecular complexity index is 766. The van der Waals surface area contributed by atoms with Crippen molar-refractivity contribution in [3.63, 3.8) is 0 Å². The number of anilines is 1. The largest absolute Gasteiger partial charge is 0.435 e. The third-order valence-electron chi connectivity index (χ3n) is 3.62. The number of halogens is 2. The lowest BCUT2D eigenvalue weighted by atomic mass is 10.1. The van der Waals surface area contributed by atoms with E-state index in [1.807, 2.05) is 6.08 Å². The van der Waals surface area contributed by atoms with Gasteiger partial charge in [0.1, 0.15) is 12.0 Å². The number of unbranched alkanes of at least 4 members (excludes halogenated alkanes) is 1. The maximum atomic E-state index is 12.0. The molecule has 0 bridgehead atoms. The summed E-state index contributed by atoms with van der Waals surface area (Å²) in [5, 5.41) is 2.80. The van der Waals surface area contributed by atoms with Gasteiger partial charge in [0, 0.05) is 12.7 Å². The number of aryl methyl sites for hydroxylation is 2. The molecule has 0 fully saturated rings. The molecular formula is C23H31F2N3O2. The maximum Gasteiger partial charge on any atom is 0.387 e. The van der Waals surface area contributed by atoms with Crippen molar-refractivity contribution >= 4 is 17.9 Å². The van der Waals surface area contributed by atoms with Crippen LogP contribution in [0.25, 0.3) is 0 Å². The second-order valence-electron chi connectivity index (χ2n) is 5.99. The van der Waals surface area contributed by atoms with E-state index < -0.39 is 6.61 Å². The van der Waals surface area contributed by atoms with Crippen molar-refractivity contribution in [1.82, 2.24) is 0 Å². The SMILES string of the molecule is C=CCCCc1ccccc1.CC=O.CN=C(N)Nc1ccc(OC(F)F)c(C)c1. The van der Waals surface area contributed by atoms with E-state index in [0.29, 0.717) is 11.3 Å². The van der Waals surface area contributed by atoms with Gasteiger partial charge in [0.2, 0.25) is 0 Å². The second-order valence-corrected chi connectivity index (χ2v) is 5.99. The molecule has 0 aliphatic heterocycles. The summed E-state index contributed by atoms with van der Waals surface area (Å²) >= 11 is 0. The highest BCUT2D eigenvalue weighted by atomic mass is 19.3. The molecule has 2 aromatic rings. The number of hydrogen-bond donors (Lipinski definition) is 2. The van der Waals surface area contributed by atoms with Gasteiger partial charge in [-0.1, -0.05) is 36.4 Å². The number of guanidine groups is 1. The van der Waals surface area contributed by atoms with E-state index in [-0.39, 0.29) is 11.7 Å². The number of alkyl halides is 2. The molecule has 0 saturated carbocycles. The standard InChI is InChI=1S/C11H14.C10H13F2N3O.C2H4O/c1-2-3-5-8-11-9-6-4-7-10-11;1-6-5-7(15-10(13)14-2)3-4-8(6)16-9(11)12;1-2-3/h2,4,6-7,9-10H,1,3,5,8H2;3-5,9H,1-2H3,(H3,13,14,15);2H,1H3. The molecular weight excluding hydrogens is 388 g/mol. The van der Waals surface area contributed by atoms with E-state index in [0.717, 1.165) is 12.7 Å². The molecule has 0 saturated heterocycles. The van der Waals surface area contributed by atoms with Gasteiger partial charge in [0.05, 0.1) is 0 Å². The van der Waals surface area contributed by atoms with Crippen LogP contribution >= 0.6 is 0 Å². The van der Waals surface area contributed by atoms with Gasteiger partial charge in [0.25, 0.3) is 0 Å². The van der Waals surface area contributed by atoms with Crippen LogP contribution in [-0.2, 0) is 11.2 Å². The fraction of sp³-hybridized carbons (Fsp3) is 0.304. The smallest absolute Gasteiger partial charge is 0.387 e. The number of nitrogens with one attached hydrogen (secondary N) is 1. The highest BCUT2D eigenvalue weighted by Crippen LogP contribution is 2.23. The van der Waals surface area contributed by atoms with Gasteiger partial charge in [-0.2, -0.15) is 8.78 Å². The summed E-state index contributed by atoms with van der Waals surface area (Å²) < 4.78 is 28.3. The Kier molecular flexibility index (Phi) is 14.9. The predicted octanol–water partition coefficient (Wildman–Crippen LogP) is 5.35. The number of carbonyl (C=O) groups is 1. The predicted molar refractivity (Wildman–Crippen MR) is 120 cm³/mol. The third-order valence-corrected chi connectivity index (χ3v) is 3.62. The van der Waals surface area contributed by atoms with Gasteiger partial charge in [-0.3, -0.25) is 4.99 Å². The number of benzene rings is 2. The number of aliphatic imine (C=N–C) groups is 1. The number of nitrogens with two attached hydrogens (primary N) is 1. The van der Waals surface area contributed by atoms with Crippen molar-refractivity contribution in [1.29, 1.82) is 0 Å². The second kappa shape index (κ2) is 16.7. The van der Waals surface area contributed by atoms with Crippen molar-refractivity contribution < 1.29 is 18.3 Å². The highest BCUT2D eigenvalue weighted by Gasteiger charge is 2.07. The van der Waals surface area contributed by atoms with E-state index >= 15 is 0 Å².